The average molecular weight is 298 g/mol. The number of nitrogens with zero attached hydrogens (tertiary/aromatic N) is 1. The summed E-state index contributed by atoms with van der Waals surface area (Å²) in [5, 5.41) is 22.0. The molecule has 0 aliphatic carbocycles. The molecule has 0 heterocycles. The van der Waals surface area contributed by atoms with Crippen molar-refractivity contribution >= 4 is 17.6 Å². The number of carbonyl (C=O) groups excluding carboxylic acids is 1. The zero-order valence-corrected chi connectivity index (χ0v) is 11.3. The lowest BCUT2D eigenvalue weighted by atomic mass is 10.1. The predicted molar refractivity (Wildman–Crippen MR) is 71.5 cm³/mol. The first-order valence-corrected chi connectivity index (χ1v) is 6.34. The van der Waals surface area contributed by atoms with E-state index in [9.17, 15) is 24.1 Å². The standard InChI is InChI=1S/C13H15FN2O5/c1-2-3-4-10(13(18)19)15-12(17)9-7-8(14)5-6-11(9)16(20)21/h5-7,10H,2-4H2,1H3,(H,15,17)(H,18,19). The number of halogens is 1. The number of nitro benzene ring substituents is 1. The Hall–Kier alpha value is -2.51. The number of hydrogen-bond donors (Lipinski definition) is 2. The Morgan fingerprint density at radius 2 is 2.14 bits per heavy atom. The summed E-state index contributed by atoms with van der Waals surface area (Å²) >= 11 is 0. The summed E-state index contributed by atoms with van der Waals surface area (Å²) in [6, 6.07) is 1.28. The van der Waals surface area contributed by atoms with Crippen molar-refractivity contribution in [1.82, 2.24) is 5.32 Å². The van der Waals surface area contributed by atoms with Crippen molar-refractivity contribution in [2.75, 3.05) is 0 Å². The van der Waals surface area contributed by atoms with E-state index in [4.69, 9.17) is 5.11 Å². The number of carboxylic acids is 1. The number of amides is 1. The van der Waals surface area contributed by atoms with Crippen LogP contribution >= 0.6 is 0 Å². The van der Waals surface area contributed by atoms with Gasteiger partial charge in [0.15, 0.2) is 0 Å². The van der Waals surface area contributed by atoms with Gasteiger partial charge in [-0.15, -0.1) is 0 Å². The first-order valence-electron chi connectivity index (χ1n) is 6.34. The molecule has 0 bridgehead atoms. The van der Waals surface area contributed by atoms with E-state index >= 15 is 0 Å². The fraction of sp³-hybridized carbons (Fsp3) is 0.385. The molecule has 114 valence electrons. The van der Waals surface area contributed by atoms with Crippen LogP contribution in [0.2, 0.25) is 0 Å². The molecule has 2 N–H and O–H groups in total. The van der Waals surface area contributed by atoms with Crippen LogP contribution in [-0.4, -0.2) is 27.9 Å². The summed E-state index contributed by atoms with van der Waals surface area (Å²) in [6.07, 6.45) is 1.50. The lowest BCUT2D eigenvalue weighted by Crippen LogP contribution is -2.41. The van der Waals surface area contributed by atoms with Crippen LogP contribution in [0.5, 0.6) is 0 Å². The number of unbranched alkanes of at least 4 members (excludes halogenated alkanes) is 1. The predicted octanol–water partition coefficient (Wildman–Crippen LogP) is 2.11. The number of carboxylic acid groups (broad SMARTS) is 1. The Balaban J connectivity index is 2.99. The van der Waals surface area contributed by atoms with E-state index in [0.717, 1.165) is 18.6 Å². The zero-order valence-electron chi connectivity index (χ0n) is 11.3. The molecular weight excluding hydrogens is 283 g/mol. The van der Waals surface area contributed by atoms with Gasteiger partial charge in [0.1, 0.15) is 17.4 Å². The van der Waals surface area contributed by atoms with Gasteiger partial charge in [-0.05, 0) is 18.6 Å². The largest absolute Gasteiger partial charge is 0.480 e. The molecule has 1 aromatic carbocycles. The van der Waals surface area contributed by atoms with E-state index < -0.39 is 39.9 Å². The lowest BCUT2D eigenvalue weighted by molar-refractivity contribution is -0.385. The number of nitro groups is 1. The maximum Gasteiger partial charge on any atom is 0.326 e. The summed E-state index contributed by atoms with van der Waals surface area (Å²) in [4.78, 5) is 33.0. The summed E-state index contributed by atoms with van der Waals surface area (Å²) in [7, 11) is 0. The number of rotatable bonds is 7. The minimum absolute atomic E-state index is 0.195. The van der Waals surface area contributed by atoms with Crippen LogP contribution in [0.3, 0.4) is 0 Å². The smallest absolute Gasteiger partial charge is 0.326 e. The molecule has 21 heavy (non-hydrogen) atoms. The third kappa shape index (κ3) is 4.51. The molecule has 0 aliphatic rings. The number of aliphatic carboxylic acids is 1. The van der Waals surface area contributed by atoms with Gasteiger partial charge < -0.3 is 10.4 Å². The first kappa shape index (κ1) is 16.5. The molecule has 0 saturated carbocycles. The topological polar surface area (TPSA) is 110 Å². The average Bonchev–Trinajstić information content (AvgIpc) is 2.42. The Labute approximate surface area is 119 Å². The quantitative estimate of drug-likeness (QED) is 0.591. The Morgan fingerprint density at radius 1 is 1.48 bits per heavy atom. The van der Waals surface area contributed by atoms with E-state index in [-0.39, 0.29) is 6.42 Å². The highest BCUT2D eigenvalue weighted by atomic mass is 19.1. The normalized spacial score (nSPS) is 11.7. The van der Waals surface area contributed by atoms with E-state index in [1.165, 1.54) is 0 Å². The second-order valence-corrected chi connectivity index (χ2v) is 4.43. The molecule has 1 amide bonds. The fourth-order valence-electron chi connectivity index (χ4n) is 1.75. The Kier molecular flexibility index (Phi) is 5.77. The number of carbonyl (C=O) groups is 2. The molecular formula is C13H15FN2O5. The SMILES string of the molecule is CCCCC(NC(=O)c1cc(F)ccc1[N+](=O)[O-])C(=O)O. The van der Waals surface area contributed by atoms with Crippen LogP contribution < -0.4 is 5.32 Å². The van der Waals surface area contributed by atoms with Gasteiger partial charge in [-0.3, -0.25) is 14.9 Å². The van der Waals surface area contributed by atoms with Crippen molar-refractivity contribution in [1.29, 1.82) is 0 Å². The van der Waals surface area contributed by atoms with Gasteiger partial charge in [0.05, 0.1) is 4.92 Å². The highest BCUT2D eigenvalue weighted by molar-refractivity contribution is 5.99. The molecule has 1 unspecified atom stereocenters. The van der Waals surface area contributed by atoms with Gasteiger partial charge in [0, 0.05) is 6.07 Å². The van der Waals surface area contributed by atoms with Gasteiger partial charge in [0.25, 0.3) is 11.6 Å². The zero-order chi connectivity index (χ0) is 16.0. The molecule has 0 saturated heterocycles. The highest BCUT2D eigenvalue weighted by Gasteiger charge is 2.25. The molecule has 0 aliphatic heterocycles. The number of nitrogens with one attached hydrogen (secondary N) is 1. The summed E-state index contributed by atoms with van der Waals surface area (Å²) < 4.78 is 13.2. The van der Waals surface area contributed by atoms with E-state index in [1.807, 2.05) is 6.92 Å². The molecule has 7 nitrogen and oxygen atoms in total. The maximum absolute atomic E-state index is 13.2. The Bertz CT molecular complexity index is 561. The van der Waals surface area contributed by atoms with E-state index in [1.54, 1.807) is 0 Å². The van der Waals surface area contributed by atoms with Crippen molar-refractivity contribution in [2.24, 2.45) is 0 Å². The van der Waals surface area contributed by atoms with Crippen LogP contribution in [0, 0.1) is 15.9 Å². The molecule has 1 atom stereocenters. The number of benzene rings is 1. The van der Waals surface area contributed by atoms with Crippen molar-refractivity contribution in [3.8, 4) is 0 Å². The van der Waals surface area contributed by atoms with Crippen molar-refractivity contribution < 1.29 is 24.0 Å². The maximum atomic E-state index is 13.2. The molecule has 0 spiro atoms. The van der Waals surface area contributed by atoms with Crippen molar-refractivity contribution in [3.05, 3.63) is 39.7 Å². The highest BCUT2D eigenvalue weighted by Crippen LogP contribution is 2.19. The molecule has 1 aromatic rings. The minimum atomic E-state index is -1.24. The van der Waals surface area contributed by atoms with Crippen LogP contribution in [-0.2, 0) is 4.79 Å². The Morgan fingerprint density at radius 3 is 2.67 bits per heavy atom. The summed E-state index contributed by atoms with van der Waals surface area (Å²) in [5.74, 6) is -3.04. The molecule has 0 radical (unpaired) electrons. The van der Waals surface area contributed by atoms with Gasteiger partial charge in [0.2, 0.25) is 0 Å². The third-order valence-electron chi connectivity index (χ3n) is 2.85. The summed E-state index contributed by atoms with van der Waals surface area (Å²) in [6.45, 7) is 1.86. The van der Waals surface area contributed by atoms with Crippen molar-refractivity contribution in [2.45, 2.75) is 32.2 Å². The monoisotopic (exact) mass is 298 g/mol. The molecule has 0 aromatic heterocycles. The van der Waals surface area contributed by atoms with Gasteiger partial charge >= 0.3 is 5.97 Å². The van der Waals surface area contributed by atoms with Gasteiger partial charge in [-0.25, -0.2) is 9.18 Å². The van der Waals surface area contributed by atoms with E-state index in [2.05, 4.69) is 5.32 Å². The van der Waals surface area contributed by atoms with E-state index in [0.29, 0.717) is 12.5 Å². The molecule has 1 rings (SSSR count). The van der Waals surface area contributed by atoms with Crippen LogP contribution in [0.1, 0.15) is 36.5 Å². The fourth-order valence-corrected chi connectivity index (χ4v) is 1.75. The lowest BCUT2D eigenvalue weighted by Gasteiger charge is -2.14. The summed E-state index contributed by atoms with van der Waals surface area (Å²) in [5.41, 5.74) is -1.07. The minimum Gasteiger partial charge on any atom is -0.480 e. The molecule has 0 fully saturated rings. The van der Waals surface area contributed by atoms with Crippen molar-refractivity contribution in [3.63, 3.8) is 0 Å². The first-order chi connectivity index (χ1) is 9.86. The van der Waals surface area contributed by atoms with Crippen LogP contribution in [0.4, 0.5) is 10.1 Å². The molecule has 8 heteroatoms. The third-order valence-corrected chi connectivity index (χ3v) is 2.85. The second kappa shape index (κ2) is 7.32. The number of hydrogen-bond acceptors (Lipinski definition) is 4. The van der Waals surface area contributed by atoms with Crippen LogP contribution in [0.15, 0.2) is 18.2 Å². The van der Waals surface area contributed by atoms with Gasteiger partial charge in [-0.2, -0.15) is 0 Å². The van der Waals surface area contributed by atoms with Crippen LogP contribution in [0.25, 0.3) is 0 Å². The second-order valence-electron chi connectivity index (χ2n) is 4.43. The van der Waals surface area contributed by atoms with Gasteiger partial charge in [-0.1, -0.05) is 19.8 Å².